The van der Waals surface area contributed by atoms with Gasteiger partial charge in [0.1, 0.15) is 13.3 Å². The van der Waals surface area contributed by atoms with Gasteiger partial charge in [-0.05, 0) is 35.4 Å². The number of alkyl halides is 1. The second kappa shape index (κ2) is 7.53. The number of nitrogens with two attached hydrogens (primary N) is 1. The number of nitrogens with one attached hydrogen (secondary N) is 1. The van der Waals surface area contributed by atoms with E-state index in [-0.39, 0.29) is 24.3 Å². The number of halogens is 2. The van der Waals surface area contributed by atoms with Crippen molar-refractivity contribution in [2.75, 3.05) is 26.1 Å². The number of carbonyl (C=O) groups is 1. The molecular formula is C18H16ClFN4O2. The number of carbonyl (C=O) groups excluding carboxylic acids is 1. The van der Waals surface area contributed by atoms with Crippen LogP contribution in [0.25, 0.3) is 22.0 Å². The van der Waals surface area contributed by atoms with Crippen molar-refractivity contribution in [1.29, 1.82) is 0 Å². The van der Waals surface area contributed by atoms with Gasteiger partial charge in [0, 0.05) is 7.05 Å². The topological polar surface area (TPSA) is 90.1 Å². The summed E-state index contributed by atoms with van der Waals surface area (Å²) in [7, 11) is 1.54. The third-order valence-corrected chi connectivity index (χ3v) is 4.08. The molecule has 3 N–H and O–H groups in total. The molecule has 1 amide bonds. The van der Waals surface area contributed by atoms with Crippen molar-refractivity contribution in [2.45, 2.75) is 0 Å². The van der Waals surface area contributed by atoms with Crippen LogP contribution < -0.4 is 15.8 Å². The van der Waals surface area contributed by atoms with Gasteiger partial charge in [0.25, 0.3) is 5.91 Å². The highest BCUT2D eigenvalue weighted by Gasteiger charge is 2.12. The number of aromatic nitrogens is 2. The number of nitrogens with zero attached hydrogens (tertiary/aromatic N) is 2. The molecule has 3 rings (SSSR count). The lowest BCUT2D eigenvalue weighted by Gasteiger charge is -2.10. The third kappa shape index (κ3) is 3.52. The van der Waals surface area contributed by atoms with Crippen LogP contribution in [0.3, 0.4) is 0 Å². The van der Waals surface area contributed by atoms with Crippen LogP contribution in [-0.4, -0.2) is 36.2 Å². The second-order valence-electron chi connectivity index (χ2n) is 5.43. The minimum absolute atomic E-state index is 0.0529. The van der Waals surface area contributed by atoms with E-state index in [9.17, 15) is 9.18 Å². The lowest BCUT2D eigenvalue weighted by Crippen LogP contribution is -2.18. The van der Waals surface area contributed by atoms with E-state index in [1.54, 1.807) is 31.3 Å². The summed E-state index contributed by atoms with van der Waals surface area (Å²) < 4.78 is 17.8. The first-order chi connectivity index (χ1) is 12.5. The van der Waals surface area contributed by atoms with Crippen molar-refractivity contribution >= 4 is 34.4 Å². The molecule has 0 aliphatic rings. The predicted octanol–water partition coefficient (Wildman–Crippen LogP) is 3.24. The zero-order valence-corrected chi connectivity index (χ0v) is 14.7. The van der Waals surface area contributed by atoms with Gasteiger partial charge in [0.05, 0.1) is 21.5 Å². The van der Waals surface area contributed by atoms with Crippen LogP contribution in [0.5, 0.6) is 5.88 Å². The SMILES string of the molecule is CNC(=O)c1ccc(-c2ccc3nc(N)nc(OCCF)c3c2)cc1Cl. The highest BCUT2D eigenvalue weighted by atomic mass is 35.5. The number of nitrogen functional groups attached to an aromatic ring is 1. The molecule has 26 heavy (non-hydrogen) atoms. The van der Waals surface area contributed by atoms with Crippen LogP contribution in [0.1, 0.15) is 10.4 Å². The number of rotatable bonds is 5. The summed E-state index contributed by atoms with van der Waals surface area (Å²) in [4.78, 5) is 20.0. The van der Waals surface area contributed by atoms with Crippen LogP contribution in [-0.2, 0) is 0 Å². The molecule has 0 saturated heterocycles. The summed E-state index contributed by atoms with van der Waals surface area (Å²) in [5, 5.41) is 3.48. The van der Waals surface area contributed by atoms with E-state index in [0.717, 1.165) is 11.1 Å². The van der Waals surface area contributed by atoms with E-state index in [0.29, 0.717) is 21.5 Å². The summed E-state index contributed by atoms with van der Waals surface area (Å²) in [5.74, 6) is 0.0167. The second-order valence-corrected chi connectivity index (χ2v) is 5.84. The summed E-state index contributed by atoms with van der Waals surface area (Å²) in [6, 6.07) is 10.6. The third-order valence-electron chi connectivity index (χ3n) is 3.77. The molecule has 6 nitrogen and oxygen atoms in total. The van der Waals surface area contributed by atoms with Gasteiger partial charge in [-0.3, -0.25) is 4.79 Å². The monoisotopic (exact) mass is 374 g/mol. The van der Waals surface area contributed by atoms with Crippen LogP contribution >= 0.6 is 11.6 Å². The van der Waals surface area contributed by atoms with Crippen molar-refractivity contribution in [1.82, 2.24) is 15.3 Å². The maximum atomic E-state index is 12.5. The fourth-order valence-electron chi connectivity index (χ4n) is 2.56. The van der Waals surface area contributed by atoms with Crippen molar-refractivity contribution in [3.05, 3.63) is 47.0 Å². The molecule has 1 aromatic heterocycles. The molecule has 0 spiro atoms. The first-order valence-corrected chi connectivity index (χ1v) is 8.19. The van der Waals surface area contributed by atoms with Crippen LogP contribution in [0.2, 0.25) is 5.02 Å². The van der Waals surface area contributed by atoms with Crippen LogP contribution in [0, 0.1) is 0 Å². The molecular weight excluding hydrogens is 359 g/mol. The first kappa shape index (κ1) is 17.9. The Bertz CT molecular complexity index is 981. The molecule has 0 aliphatic heterocycles. The largest absolute Gasteiger partial charge is 0.474 e. The minimum atomic E-state index is -0.637. The van der Waals surface area contributed by atoms with Crippen molar-refractivity contribution in [2.24, 2.45) is 0 Å². The Hall–Kier alpha value is -2.93. The van der Waals surface area contributed by atoms with Gasteiger partial charge in [0.2, 0.25) is 11.8 Å². The highest BCUT2D eigenvalue weighted by Crippen LogP contribution is 2.31. The van der Waals surface area contributed by atoms with Gasteiger partial charge in [-0.2, -0.15) is 4.98 Å². The summed E-state index contributed by atoms with van der Waals surface area (Å²) in [6.07, 6.45) is 0. The number of benzene rings is 2. The number of hydrogen-bond donors (Lipinski definition) is 2. The number of ether oxygens (including phenoxy) is 1. The molecule has 0 bridgehead atoms. The Morgan fingerprint density at radius 3 is 2.65 bits per heavy atom. The van der Waals surface area contributed by atoms with Gasteiger partial charge in [-0.15, -0.1) is 0 Å². The van der Waals surface area contributed by atoms with E-state index >= 15 is 0 Å². The van der Waals surface area contributed by atoms with Crippen LogP contribution in [0.4, 0.5) is 10.3 Å². The van der Waals surface area contributed by atoms with Crippen molar-refractivity contribution in [3.63, 3.8) is 0 Å². The summed E-state index contributed by atoms with van der Waals surface area (Å²) >= 11 is 6.22. The Morgan fingerprint density at radius 2 is 1.96 bits per heavy atom. The van der Waals surface area contributed by atoms with Crippen LogP contribution in [0.15, 0.2) is 36.4 Å². The fourth-order valence-corrected chi connectivity index (χ4v) is 2.82. The maximum absolute atomic E-state index is 12.5. The smallest absolute Gasteiger partial charge is 0.252 e. The Morgan fingerprint density at radius 1 is 1.23 bits per heavy atom. The van der Waals surface area contributed by atoms with Gasteiger partial charge in [-0.25, -0.2) is 9.37 Å². The Balaban J connectivity index is 2.07. The van der Waals surface area contributed by atoms with E-state index in [1.807, 2.05) is 12.1 Å². The molecule has 8 heteroatoms. The van der Waals surface area contributed by atoms with Crippen molar-refractivity contribution in [3.8, 4) is 17.0 Å². The molecule has 0 unspecified atom stereocenters. The molecule has 0 atom stereocenters. The molecule has 0 saturated carbocycles. The zero-order chi connectivity index (χ0) is 18.7. The Labute approximate surface area is 154 Å². The van der Waals surface area contributed by atoms with Gasteiger partial charge < -0.3 is 15.8 Å². The number of fused-ring (bicyclic) bond motifs is 1. The van der Waals surface area contributed by atoms with Gasteiger partial charge >= 0.3 is 0 Å². The molecule has 1 heterocycles. The Kier molecular flexibility index (Phi) is 5.18. The van der Waals surface area contributed by atoms with E-state index in [4.69, 9.17) is 22.1 Å². The normalized spacial score (nSPS) is 10.7. The number of amides is 1. The molecule has 3 aromatic rings. The minimum Gasteiger partial charge on any atom is -0.474 e. The summed E-state index contributed by atoms with van der Waals surface area (Å²) in [5.41, 5.74) is 8.27. The van der Waals surface area contributed by atoms with E-state index < -0.39 is 6.67 Å². The molecule has 0 fully saturated rings. The summed E-state index contributed by atoms with van der Waals surface area (Å²) in [6.45, 7) is -0.760. The fraction of sp³-hybridized carbons (Fsp3) is 0.167. The lowest BCUT2D eigenvalue weighted by molar-refractivity contribution is 0.0963. The quantitative estimate of drug-likeness (QED) is 0.715. The van der Waals surface area contributed by atoms with Gasteiger partial charge in [0.15, 0.2) is 0 Å². The van der Waals surface area contributed by atoms with E-state index in [1.165, 1.54) is 0 Å². The van der Waals surface area contributed by atoms with Gasteiger partial charge in [-0.1, -0.05) is 23.7 Å². The van der Waals surface area contributed by atoms with Crippen molar-refractivity contribution < 1.29 is 13.9 Å². The maximum Gasteiger partial charge on any atom is 0.252 e. The first-order valence-electron chi connectivity index (χ1n) is 7.81. The zero-order valence-electron chi connectivity index (χ0n) is 13.9. The van der Waals surface area contributed by atoms with E-state index in [2.05, 4.69) is 15.3 Å². The molecule has 0 radical (unpaired) electrons. The molecule has 0 aliphatic carbocycles. The number of hydrogen-bond acceptors (Lipinski definition) is 5. The predicted molar refractivity (Wildman–Crippen MR) is 99.3 cm³/mol. The molecule has 134 valence electrons. The number of anilines is 1. The average Bonchev–Trinajstić information content (AvgIpc) is 2.65. The molecule has 2 aromatic carbocycles. The lowest BCUT2D eigenvalue weighted by atomic mass is 10.0. The highest BCUT2D eigenvalue weighted by molar-refractivity contribution is 6.34. The standard InChI is InChI=1S/C18H16ClFN4O2/c1-22-16(25)12-4-2-11(9-14(12)19)10-3-5-15-13(8-10)17(26-7-6-20)24-18(21)23-15/h2-5,8-9H,6-7H2,1H3,(H,22,25)(H2,21,23,24). The average molecular weight is 375 g/mol.